The van der Waals surface area contributed by atoms with Gasteiger partial charge in [-0.1, -0.05) is 28.1 Å². The van der Waals surface area contributed by atoms with E-state index in [0.717, 1.165) is 16.9 Å². The summed E-state index contributed by atoms with van der Waals surface area (Å²) in [7, 11) is 1.79. The maximum absolute atomic E-state index is 12.5. The van der Waals surface area contributed by atoms with Crippen molar-refractivity contribution < 1.29 is 4.79 Å². The van der Waals surface area contributed by atoms with Crippen LogP contribution in [0, 0.1) is 0 Å². The molecule has 2 heterocycles. The van der Waals surface area contributed by atoms with Crippen LogP contribution in [-0.4, -0.2) is 44.7 Å². The van der Waals surface area contributed by atoms with Crippen LogP contribution in [0.3, 0.4) is 0 Å². The monoisotopic (exact) mass is 351 g/mol. The van der Waals surface area contributed by atoms with Crippen LogP contribution in [0.5, 0.6) is 0 Å². The summed E-state index contributed by atoms with van der Waals surface area (Å²) in [5, 5.41) is 0. The van der Waals surface area contributed by atoms with E-state index in [-0.39, 0.29) is 22.8 Å². The molecule has 0 saturated carbocycles. The number of nitrogens with zero attached hydrogens (tertiary/aromatic N) is 2. The first-order valence-corrected chi connectivity index (χ1v) is 7.81. The molecule has 0 bridgehead atoms. The number of rotatable bonds is 3. The molecule has 3 unspecified atom stereocenters. The van der Waals surface area contributed by atoms with Gasteiger partial charge in [0.2, 0.25) is 5.91 Å². The second kappa shape index (κ2) is 5.75. The minimum absolute atomic E-state index is 0.0363. The van der Waals surface area contributed by atoms with Gasteiger partial charge in [0, 0.05) is 13.1 Å². The lowest BCUT2D eigenvalue weighted by molar-refractivity contribution is -0.132. The number of halogens is 1. The number of carbonyl (C=O) groups is 1. The molecule has 1 aromatic carbocycles. The molecule has 112 valence electrons. The van der Waals surface area contributed by atoms with Crippen LogP contribution < -0.4 is 10.9 Å². The molecule has 3 rings (SSSR count). The number of benzene rings is 1. The van der Waals surface area contributed by atoms with E-state index in [1.807, 2.05) is 31.2 Å². The SMILES string of the molecule is CC1NNC(C(=O)N(C)Cc2nc3ccccc3[nH]2)C1Br. The number of carbonyl (C=O) groups excluding carboxylic acids is 1. The average Bonchev–Trinajstić information content (AvgIpc) is 3.02. The lowest BCUT2D eigenvalue weighted by atomic mass is 10.1. The molecule has 2 aromatic rings. The Morgan fingerprint density at radius 3 is 2.81 bits per heavy atom. The highest BCUT2D eigenvalue weighted by Gasteiger charge is 2.37. The fourth-order valence-electron chi connectivity index (χ4n) is 2.49. The Kier molecular flexibility index (Phi) is 3.97. The molecule has 21 heavy (non-hydrogen) atoms. The lowest BCUT2D eigenvalue weighted by Gasteiger charge is -2.21. The average molecular weight is 352 g/mol. The van der Waals surface area contributed by atoms with E-state index < -0.39 is 0 Å². The molecule has 1 amide bonds. The molecule has 1 aliphatic rings. The highest BCUT2D eigenvalue weighted by Crippen LogP contribution is 2.18. The number of H-pyrrole nitrogens is 1. The van der Waals surface area contributed by atoms with Crippen LogP contribution in [-0.2, 0) is 11.3 Å². The number of nitrogens with one attached hydrogen (secondary N) is 3. The van der Waals surface area contributed by atoms with Crippen LogP contribution in [0.2, 0.25) is 0 Å². The largest absolute Gasteiger partial charge is 0.340 e. The number of likely N-dealkylation sites (N-methyl/N-ethyl adjacent to an activating group) is 1. The van der Waals surface area contributed by atoms with Gasteiger partial charge in [0.25, 0.3) is 0 Å². The number of hydrogen-bond donors (Lipinski definition) is 3. The number of fused-ring (bicyclic) bond motifs is 1. The Morgan fingerprint density at radius 1 is 1.38 bits per heavy atom. The summed E-state index contributed by atoms with van der Waals surface area (Å²) in [6.45, 7) is 2.48. The number of aromatic nitrogens is 2. The third-order valence-corrected chi connectivity index (χ3v) is 5.05. The highest BCUT2D eigenvalue weighted by atomic mass is 79.9. The molecule has 3 atom stereocenters. The van der Waals surface area contributed by atoms with Crippen molar-refractivity contribution in [1.82, 2.24) is 25.7 Å². The van der Waals surface area contributed by atoms with E-state index in [4.69, 9.17) is 0 Å². The summed E-state index contributed by atoms with van der Waals surface area (Å²) in [5.41, 5.74) is 8.01. The van der Waals surface area contributed by atoms with Crippen LogP contribution in [0.15, 0.2) is 24.3 Å². The van der Waals surface area contributed by atoms with Gasteiger partial charge in [0.05, 0.1) is 22.4 Å². The Hall–Kier alpha value is -1.44. The van der Waals surface area contributed by atoms with E-state index in [1.54, 1.807) is 11.9 Å². The van der Waals surface area contributed by atoms with Crippen LogP contribution >= 0.6 is 15.9 Å². The number of alkyl halides is 1. The molecule has 0 spiro atoms. The maximum Gasteiger partial charge on any atom is 0.242 e. The van der Waals surface area contributed by atoms with Crippen molar-refractivity contribution in [3.05, 3.63) is 30.1 Å². The van der Waals surface area contributed by atoms with Crippen molar-refractivity contribution in [2.24, 2.45) is 0 Å². The number of aromatic amines is 1. The zero-order valence-electron chi connectivity index (χ0n) is 11.9. The minimum atomic E-state index is -0.269. The van der Waals surface area contributed by atoms with E-state index in [9.17, 15) is 4.79 Å². The summed E-state index contributed by atoms with van der Waals surface area (Å²) in [4.78, 5) is 22.0. The lowest BCUT2D eigenvalue weighted by Crippen LogP contribution is -2.46. The number of amides is 1. The van der Waals surface area contributed by atoms with E-state index >= 15 is 0 Å². The number of para-hydroxylation sites is 2. The van der Waals surface area contributed by atoms with Gasteiger partial charge in [-0.05, 0) is 19.1 Å². The number of hydrazine groups is 1. The van der Waals surface area contributed by atoms with Crippen molar-refractivity contribution in [2.75, 3.05) is 7.05 Å². The molecule has 1 saturated heterocycles. The van der Waals surface area contributed by atoms with Crippen LogP contribution in [0.25, 0.3) is 11.0 Å². The first-order chi connectivity index (χ1) is 10.1. The number of hydrogen-bond acceptors (Lipinski definition) is 4. The van der Waals surface area contributed by atoms with Gasteiger partial charge in [0.15, 0.2) is 0 Å². The third-order valence-electron chi connectivity index (χ3n) is 3.73. The Balaban J connectivity index is 1.70. The summed E-state index contributed by atoms with van der Waals surface area (Å²) >= 11 is 3.56. The fraction of sp³-hybridized carbons (Fsp3) is 0.429. The van der Waals surface area contributed by atoms with Gasteiger partial charge in [-0.25, -0.2) is 10.4 Å². The van der Waals surface area contributed by atoms with Crippen molar-refractivity contribution in [3.8, 4) is 0 Å². The topological polar surface area (TPSA) is 73.0 Å². The molecule has 1 aromatic heterocycles. The van der Waals surface area contributed by atoms with Crippen molar-refractivity contribution >= 4 is 32.9 Å². The molecule has 1 fully saturated rings. The second-order valence-electron chi connectivity index (χ2n) is 5.39. The molecule has 7 heteroatoms. The number of imidazole rings is 1. The zero-order valence-corrected chi connectivity index (χ0v) is 13.5. The normalized spacial score (nSPS) is 25.4. The quantitative estimate of drug-likeness (QED) is 0.725. The Bertz CT molecular complexity index is 625. The molecule has 6 nitrogen and oxygen atoms in total. The summed E-state index contributed by atoms with van der Waals surface area (Å²) < 4.78 is 0. The predicted octanol–water partition coefficient (Wildman–Crippen LogP) is 1.15. The molecule has 0 radical (unpaired) electrons. The van der Waals surface area contributed by atoms with Gasteiger partial charge in [-0.3, -0.25) is 10.2 Å². The van der Waals surface area contributed by atoms with Gasteiger partial charge < -0.3 is 9.88 Å². The Labute approximate surface area is 131 Å². The smallest absolute Gasteiger partial charge is 0.242 e. The van der Waals surface area contributed by atoms with E-state index in [2.05, 4.69) is 36.7 Å². The van der Waals surface area contributed by atoms with Gasteiger partial charge in [-0.15, -0.1) is 0 Å². The van der Waals surface area contributed by atoms with Crippen molar-refractivity contribution in [1.29, 1.82) is 0 Å². The summed E-state index contributed by atoms with van der Waals surface area (Å²) in [6.07, 6.45) is 0. The van der Waals surface area contributed by atoms with Crippen molar-refractivity contribution in [3.63, 3.8) is 0 Å². The summed E-state index contributed by atoms with van der Waals surface area (Å²) in [6, 6.07) is 7.78. The zero-order chi connectivity index (χ0) is 15.0. The summed E-state index contributed by atoms with van der Waals surface area (Å²) in [5.74, 6) is 0.825. The molecular weight excluding hydrogens is 334 g/mol. The van der Waals surface area contributed by atoms with Gasteiger partial charge in [-0.2, -0.15) is 0 Å². The third kappa shape index (κ3) is 2.81. The van der Waals surface area contributed by atoms with Crippen LogP contribution in [0.1, 0.15) is 12.7 Å². The standard InChI is InChI=1S/C14H18BrN5O/c1-8-12(15)13(19-18-8)14(21)20(2)7-11-16-9-5-3-4-6-10(9)17-11/h3-6,8,12-13,18-19H,7H2,1-2H3,(H,16,17). The first-order valence-electron chi connectivity index (χ1n) is 6.90. The Morgan fingerprint density at radius 2 is 2.14 bits per heavy atom. The fourth-order valence-corrected chi connectivity index (χ4v) is 2.98. The molecule has 1 aliphatic heterocycles. The first kappa shape index (κ1) is 14.5. The van der Waals surface area contributed by atoms with E-state index in [0.29, 0.717) is 6.54 Å². The van der Waals surface area contributed by atoms with E-state index in [1.165, 1.54) is 0 Å². The van der Waals surface area contributed by atoms with Crippen molar-refractivity contribution in [2.45, 2.75) is 30.4 Å². The second-order valence-corrected chi connectivity index (χ2v) is 6.45. The predicted molar refractivity (Wildman–Crippen MR) is 84.8 cm³/mol. The van der Waals surface area contributed by atoms with Gasteiger partial charge >= 0.3 is 0 Å². The minimum Gasteiger partial charge on any atom is -0.340 e. The maximum atomic E-state index is 12.5. The van der Waals surface area contributed by atoms with Crippen LogP contribution in [0.4, 0.5) is 0 Å². The molecule has 0 aliphatic carbocycles. The molecular formula is C14H18BrN5O. The molecule has 3 N–H and O–H groups in total. The highest BCUT2D eigenvalue weighted by molar-refractivity contribution is 9.09. The van der Waals surface area contributed by atoms with Gasteiger partial charge in [0.1, 0.15) is 11.9 Å².